The lowest BCUT2D eigenvalue weighted by molar-refractivity contribution is -0.921. The van der Waals surface area contributed by atoms with E-state index in [2.05, 4.69) is 5.32 Å². The van der Waals surface area contributed by atoms with E-state index in [0.29, 0.717) is 24.3 Å². The number of benzene rings is 1. The number of nitrogens with two attached hydrogens (primary N) is 1. The van der Waals surface area contributed by atoms with Crippen LogP contribution in [0.1, 0.15) is 21.9 Å². The molecule has 7 heteroatoms. The van der Waals surface area contributed by atoms with E-state index in [-0.39, 0.29) is 12.5 Å². The molecule has 134 valence electrons. The van der Waals surface area contributed by atoms with Crippen LogP contribution < -0.4 is 16.0 Å². The zero-order valence-corrected chi connectivity index (χ0v) is 14.1. The van der Waals surface area contributed by atoms with Crippen molar-refractivity contribution in [3.05, 3.63) is 78.1 Å². The molecule has 0 aliphatic carbocycles. The molecule has 0 atom stereocenters. The number of carbonyl (C=O) groups is 2. The molecule has 3 rings (SSSR count). The summed E-state index contributed by atoms with van der Waals surface area (Å²) in [6, 6.07) is 13.8. The standard InChI is InChI=1S/C19H19N3O4/c20-19(24)14-5-7-15(8-6-14)21-18(23)13-22(11-16-3-1-9-25-16)12-17-4-2-10-26-17/h1-10H,11-13H2,(H2,20,24)(H,21,23)/p+1. The van der Waals surface area contributed by atoms with Gasteiger partial charge in [-0.25, -0.2) is 0 Å². The monoisotopic (exact) mass is 354 g/mol. The maximum atomic E-state index is 12.4. The number of primary amides is 1. The smallest absolute Gasteiger partial charge is 0.279 e. The van der Waals surface area contributed by atoms with Crippen LogP contribution in [0.2, 0.25) is 0 Å². The van der Waals surface area contributed by atoms with E-state index in [1.807, 2.05) is 24.3 Å². The maximum Gasteiger partial charge on any atom is 0.279 e. The molecule has 2 amide bonds. The second kappa shape index (κ2) is 8.17. The van der Waals surface area contributed by atoms with Crippen molar-refractivity contribution in [3.8, 4) is 0 Å². The van der Waals surface area contributed by atoms with Crippen LogP contribution in [0.15, 0.2) is 69.9 Å². The van der Waals surface area contributed by atoms with Gasteiger partial charge in [-0.15, -0.1) is 0 Å². The summed E-state index contributed by atoms with van der Waals surface area (Å²) in [4.78, 5) is 24.5. The SMILES string of the molecule is NC(=O)c1ccc(NC(=O)C[NH+](Cc2ccco2)Cc2ccco2)cc1. The van der Waals surface area contributed by atoms with Crippen molar-refractivity contribution in [1.29, 1.82) is 0 Å². The number of quaternary nitrogens is 1. The Morgan fingerprint density at radius 1 is 0.923 bits per heavy atom. The van der Waals surface area contributed by atoms with Gasteiger partial charge in [-0.3, -0.25) is 9.59 Å². The molecule has 26 heavy (non-hydrogen) atoms. The highest BCUT2D eigenvalue weighted by Crippen LogP contribution is 2.08. The Bertz CT molecular complexity index is 803. The van der Waals surface area contributed by atoms with Gasteiger partial charge >= 0.3 is 0 Å². The zero-order chi connectivity index (χ0) is 18.4. The quantitative estimate of drug-likeness (QED) is 0.565. The van der Waals surface area contributed by atoms with E-state index in [1.165, 1.54) is 0 Å². The summed E-state index contributed by atoms with van der Waals surface area (Å²) in [7, 11) is 0. The van der Waals surface area contributed by atoms with Crippen LogP contribution in [-0.4, -0.2) is 18.4 Å². The second-order valence-electron chi connectivity index (χ2n) is 5.93. The average molecular weight is 354 g/mol. The van der Waals surface area contributed by atoms with Crippen LogP contribution in [0.25, 0.3) is 0 Å². The molecule has 0 aliphatic rings. The van der Waals surface area contributed by atoms with Gasteiger partial charge in [0.25, 0.3) is 5.91 Å². The van der Waals surface area contributed by atoms with Gasteiger partial charge in [-0.1, -0.05) is 0 Å². The first kappa shape index (κ1) is 17.5. The molecule has 0 aliphatic heterocycles. The summed E-state index contributed by atoms with van der Waals surface area (Å²) in [5.74, 6) is 0.940. The summed E-state index contributed by atoms with van der Waals surface area (Å²) in [6.07, 6.45) is 3.22. The number of furan rings is 2. The minimum atomic E-state index is -0.504. The van der Waals surface area contributed by atoms with E-state index < -0.39 is 5.91 Å². The van der Waals surface area contributed by atoms with Gasteiger partial charge < -0.3 is 24.8 Å². The number of hydrogen-bond donors (Lipinski definition) is 3. The molecule has 0 spiro atoms. The number of rotatable bonds is 8. The van der Waals surface area contributed by atoms with Crippen molar-refractivity contribution in [2.45, 2.75) is 13.1 Å². The normalized spacial score (nSPS) is 10.8. The highest BCUT2D eigenvalue weighted by Gasteiger charge is 2.18. The summed E-state index contributed by atoms with van der Waals surface area (Å²) in [5, 5.41) is 2.82. The van der Waals surface area contributed by atoms with Crippen molar-refractivity contribution in [2.75, 3.05) is 11.9 Å². The molecule has 1 aromatic carbocycles. The fourth-order valence-corrected chi connectivity index (χ4v) is 2.66. The molecular formula is C19H20N3O4+. The van der Waals surface area contributed by atoms with Gasteiger partial charge in [0.2, 0.25) is 5.91 Å². The fourth-order valence-electron chi connectivity index (χ4n) is 2.66. The van der Waals surface area contributed by atoms with E-state index >= 15 is 0 Å². The highest BCUT2D eigenvalue weighted by molar-refractivity contribution is 5.95. The van der Waals surface area contributed by atoms with Crippen LogP contribution in [0.4, 0.5) is 5.69 Å². The first-order valence-corrected chi connectivity index (χ1v) is 8.18. The van der Waals surface area contributed by atoms with Gasteiger partial charge in [0.05, 0.1) is 12.5 Å². The molecule has 0 radical (unpaired) electrons. The van der Waals surface area contributed by atoms with Crippen molar-refractivity contribution in [2.24, 2.45) is 5.73 Å². The number of amides is 2. The number of nitrogens with one attached hydrogen (secondary N) is 2. The summed E-state index contributed by atoms with van der Waals surface area (Å²) < 4.78 is 10.8. The van der Waals surface area contributed by atoms with Crippen molar-refractivity contribution >= 4 is 17.5 Å². The molecule has 0 unspecified atom stereocenters. The minimum absolute atomic E-state index is 0.148. The van der Waals surface area contributed by atoms with Gasteiger partial charge in [-0.2, -0.15) is 0 Å². The fraction of sp³-hybridized carbons (Fsp3) is 0.158. The van der Waals surface area contributed by atoms with Crippen molar-refractivity contribution < 1.29 is 23.3 Å². The predicted molar refractivity (Wildman–Crippen MR) is 94.2 cm³/mol. The largest absolute Gasteiger partial charge is 0.463 e. The summed E-state index contributed by atoms with van der Waals surface area (Å²) in [5.41, 5.74) is 6.21. The summed E-state index contributed by atoms with van der Waals surface area (Å²) >= 11 is 0. The number of carbonyl (C=O) groups excluding carboxylic acids is 2. The van der Waals surface area contributed by atoms with E-state index in [4.69, 9.17) is 14.6 Å². The van der Waals surface area contributed by atoms with E-state index in [0.717, 1.165) is 16.4 Å². The first-order chi connectivity index (χ1) is 12.6. The van der Waals surface area contributed by atoms with Crippen LogP contribution in [0.3, 0.4) is 0 Å². The van der Waals surface area contributed by atoms with Gasteiger partial charge in [0.1, 0.15) is 13.1 Å². The summed E-state index contributed by atoms with van der Waals surface area (Å²) in [6.45, 7) is 1.35. The third-order valence-electron chi connectivity index (χ3n) is 3.87. The van der Waals surface area contributed by atoms with Crippen LogP contribution in [0, 0.1) is 0 Å². The Labute approximate surface area is 150 Å². The molecule has 2 heterocycles. The van der Waals surface area contributed by atoms with Crippen LogP contribution in [-0.2, 0) is 17.9 Å². The van der Waals surface area contributed by atoms with Gasteiger partial charge in [-0.05, 0) is 48.5 Å². The Morgan fingerprint density at radius 3 is 1.96 bits per heavy atom. The molecule has 4 N–H and O–H groups in total. The topological polar surface area (TPSA) is 103 Å². The third kappa shape index (κ3) is 4.84. The Balaban J connectivity index is 1.63. The maximum absolute atomic E-state index is 12.4. The minimum Gasteiger partial charge on any atom is -0.463 e. The highest BCUT2D eigenvalue weighted by atomic mass is 16.3. The van der Waals surface area contributed by atoms with E-state index in [1.54, 1.807) is 36.8 Å². The van der Waals surface area contributed by atoms with Crippen molar-refractivity contribution in [1.82, 2.24) is 0 Å². The molecular weight excluding hydrogens is 334 g/mol. The second-order valence-corrected chi connectivity index (χ2v) is 5.93. The Morgan fingerprint density at radius 2 is 1.50 bits per heavy atom. The van der Waals surface area contributed by atoms with Crippen molar-refractivity contribution in [3.63, 3.8) is 0 Å². The molecule has 7 nitrogen and oxygen atoms in total. The molecule has 0 saturated carbocycles. The lowest BCUT2D eigenvalue weighted by atomic mass is 10.2. The van der Waals surface area contributed by atoms with Gasteiger partial charge in [0.15, 0.2) is 18.1 Å². The number of hydrogen-bond acceptors (Lipinski definition) is 4. The molecule has 2 aromatic heterocycles. The molecule has 0 fully saturated rings. The Hall–Kier alpha value is -3.32. The lowest BCUT2D eigenvalue weighted by Crippen LogP contribution is -3.10. The molecule has 0 saturated heterocycles. The van der Waals surface area contributed by atoms with Crippen LogP contribution >= 0.6 is 0 Å². The molecule has 3 aromatic rings. The zero-order valence-electron chi connectivity index (χ0n) is 14.1. The first-order valence-electron chi connectivity index (χ1n) is 8.18. The van der Waals surface area contributed by atoms with E-state index in [9.17, 15) is 9.59 Å². The lowest BCUT2D eigenvalue weighted by Gasteiger charge is -2.17. The predicted octanol–water partition coefficient (Wildman–Crippen LogP) is 1.20. The number of anilines is 1. The average Bonchev–Trinajstić information content (AvgIpc) is 3.29. The Kier molecular flexibility index (Phi) is 5.50. The third-order valence-corrected chi connectivity index (χ3v) is 3.87. The van der Waals surface area contributed by atoms with Gasteiger partial charge in [0, 0.05) is 11.3 Å². The van der Waals surface area contributed by atoms with Crippen LogP contribution in [0.5, 0.6) is 0 Å². The molecule has 0 bridgehead atoms.